The van der Waals surface area contributed by atoms with Gasteiger partial charge < -0.3 is 9.84 Å². The maximum atomic E-state index is 12.8. The summed E-state index contributed by atoms with van der Waals surface area (Å²) in [6.07, 6.45) is -2.04. The van der Waals surface area contributed by atoms with Gasteiger partial charge in [0.1, 0.15) is 6.61 Å². The van der Waals surface area contributed by atoms with Gasteiger partial charge in [0.15, 0.2) is 0 Å². The van der Waals surface area contributed by atoms with Crippen LogP contribution in [0.2, 0.25) is 0 Å². The zero-order valence-corrected chi connectivity index (χ0v) is 17.8. The van der Waals surface area contributed by atoms with Gasteiger partial charge in [0.05, 0.1) is 17.5 Å². The molecule has 0 aromatic heterocycles. The summed E-state index contributed by atoms with van der Waals surface area (Å²) in [5.74, 6) is 0. The molecule has 162 valence electrons. The Hall–Kier alpha value is -3.20. The molecule has 0 heterocycles. The normalized spacial score (nSPS) is 12.2. The molecular formula is C23H24N2O5S. The van der Waals surface area contributed by atoms with Gasteiger partial charge in [0.25, 0.3) is 10.0 Å². The molecule has 2 N–H and O–H groups in total. The first-order chi connectivity index (χ1) is 14.8. The smallest absolute Gasteiger partial charge is 0.425 e. The summed E-state index contributed by atoms with van der Waals surface area (Å²) in [7, 11) is -4.07. The maximum Gasteiger partial charge on any atom is 0.425 e. The fraction of sp³-hybridized carbons (Fsp3) is 0.174. The number of nitrogens with zero attached hydrogens (tertiary/aromatic N) is 1. The standard InChI is InChI=1S/C23H24N2O5S/c1-18-12-14-21(15-13-18)31(28,29)24-25(16-22(26)20-10-6-3-7-11-20)23(27)30-17-19-8-4-2-5-9-19/h2-15,22,24,26H,16-17H2,1H3/t22-/m0/s1. The molecule has 0 radical (unpaired) electrons. The molecule has 0 saturated carbocycles. The summed E-state index contributed by atoms with van der Waals surface area (Å²) < 4.78 is 30.9. The zero-order chi connectivity index (χ0) is 22.3. The SMILES string of the molecule is Cc1ccc(S(=O)(=O)NN(C[C@H](O)c2ccccc2)C(=O)OCc2ccccc2)cc1. The van der Waals surface area contributed by atoms with Crippen molar-refractivity contribution in [2.75, 3.05) is 6.54 Å². The van der Waals surface area contributed by atoms with Crippen molar-refractivity contribution in [3.63, 3.8) is 0 Å². The van der Waals surface area contributed by atoms with Gasteiger partial charge in [-0.3, -0.25) is 0 Å². The molecule has 1 amide bonds. The van der Waals surface area contributed by atoms with E-state index in [-0.39, 0.29) is 18.0 Å². The number of hydrogen-bond acceptors (Lipinski definition) is 5. The lowest BCUT2D eigenvalue weighted by atomic mass is 10.1. The molecule has 3 aromatic rings. The summed E-state index contributed by atoms with van der Waals surface area (Å²) in [6.45, 7) is 1.47. The van der Waals surface area contributed by atoms with Crippen molar-refractivity contribution < 1.29 is 23.1 Å². The number of sulfonamides is 1. The minimum atomic E-state index is -4.07. The molecule has 0 saturated heterocycles. The Balaban J connectivity index is 1.78. The molecule has 0 unspecified atom stereocenters. The van der Waals surface area contributed by atoms with E-state index in [4.69, 9.17) is 4.74 Å². The summed E-state index contributed by atoms with van der Waals surface area (Å²) >= 11 is 0. The minimum Gasteiger partial charge on any atom is -0.444 e. The highest BCUT2D eigenvalue weighted by atomic mass is 32.2. The number of carbonyl (C=O) groups excluding carboxylic acids is 1. The number of aliphatic hydroxyl groups excluding tert-OH is 1. The van der Waals surface area contributed by atoms with Gasteiger partial charge in [-0.05, 0) is 30.2 Å². The Bertz CT molecular complexity index is 1090. The lowest BCUT2D eigenvalue weighted by Gasteiger charge is -2.25. The van der Waals surface area contributed by atoms with E-state index in [1.54, 1.807) is 66.7 Å². The highest BCUT2D eigenvalue weighted by Crippen LogP contribution is 2.16. The first kappa shape index (κ1) is 22.5. The van der Waals surface area contributed by atoms with Crippen LogP contribution in [0.25, 0.3) is 0 Å². The number of hydrazine groups is 1. The van der Waals surface area contributed by atoms with E-state index in [2.05, 4.69) is 4.83 Å². The van der Waals surface area contributed by atoms with Gasteiger partial charge >= 0.3 is 6.09 Å². The largest absolute Gasteiger partial charge is 0.444 e. The molecule has 7 nitrogen and oxygen atoms in total. The van der Waals surface area contributed by atoms with Crippen molar-refractivity contribution in [2.45, 2.75) is 24.5 Å². The van der Waals surface area contributed by atoms with Crippen LogP contribution in [0.1, 0.15) is 22.8 Å². The number of aliphatic hydroxyl groups is 1. The van der Waals surface area contributed by atoms with Crippen molar-refractivity contribution >= 4 is 16.1 Å². The lowest BCUT2D eigenvalue weighted by molar-refractivity contribution is 0.0599. The van der Waals surface area contributed by atoms with Crippen LogP contribution >= 0.6 is 0 Å². The fourth-order valence-corrected chi connectivity index (χ4v) is 3.85. The molecule has 1 atom stereocenters. The Morgan fingerprint density at radius 2 is 1.55 bits per heavy atom. The van der Waals surface area contributed by atoms with Gasteiger partial charge in [0.2, 0.25) is 0 Å². The van der Waals surface area contributed by atoms with Crippen LogP contribution in [-0.2, 0) is 21.4 Å². The lowest BCUT2D eigenvalue weighted by Crippen LogP contribution is -2.48. The second kappa shape index (κ2) is 10.2. The van der Waals surface area contributed by atoms with E-state index in [1.807, 2.05) is 13.0 Å². The molecule has 31 heavy (non-hydrogen) atoms. The van der Waals surface area contributed by atoms with E-state index < -0.39 is 22.2 Å². The van der Waals surface area contributed by atoms with Crippen LogP contribution in [0.4, 0.5) is 4.79 Å². The Morgan fingerprint density at radius 3 is 2.16 bits per heavy atom. The van der Waals surface area contributed by atoms with Gasteiger partial charge in [-0.25, -0.2) is 18.2 Å². The second-order valence-electron chi connectivity index (χ2n) is 6.99. The van der Waals surface area contributed by atoms with Crippen molar-refractivity contribution in [1.82, 2.24) is 9.84 Å². The Labute approximate surface area is 181 Å². The number of ether oxygens (including phenoxy) is 1. The van der Waals surface area contributed by atoms with E-state index in [0.29, 0.717) is 5.56 Å². The molecule has 0 bridgehead atoms. The molecule has 0 fully saturated rings. The van der Waals surface area contributed by atoms with Gasteiger partial charge in [0, 0.05) is 0 Å². The van der Waals surface area contributed by atoms with Gasteiger partial charge in [-0.2, -0.15) is 0 Å². The van der Waals surface area contributed by atoms with Crippen LogP contribution in [0.15, 0.2) is 89.8 Å². The quantitative estimate of drug-likeness (QED) is 0.522. The van der Waals surface area contributed by atoms with E-state index >= 15 is 0 Å². The number of aryl methyl sites for hydroxylation is 1. The second-order valence-corrected chi connectivity index (χ2v) is 8.65. The molecular weight excluding hydrogens is 416 g/mol. The predicted molar refractivity (Wildman–Crippen MR) is 116 cm³/mol. The third-order valence-electron chi connectivity index (χ3n) is 4.53. The van der Waals surface area contributed by atoms with Crippen LogP contribution < -0.4 is 4.83 Å². The van der Waals surface area contributed by atoms with Crippen molar-refractivity contribution in [3.8, 4) is 0 Å². The summed E-state index contributed by atoms with van der Waals surface area (Å²) in [5, 5.41) is 11.3. The average molecular weight is 441 g/mol. The number of rotatable bonds is 8. The van der Waals surface area contributed by atoms with Crippen molar-refractivity contribution in [2.24, 2.45) is 0 Å². The number of hydrogen-bond donors (Lipinski definition) is 2. The van der Waals surface area contributed by atoms with Gasteiger partial charge in [-0.1, -0.05) is 78.4 Å². The molecule has 8 heteroatoms. The topological polar surface area (TPSA) is 95.9 Å². The summed E-state index contributed by atoms with van der Waals surface area (Å²) in [6, 6.07) is 23.9. The first-order valence-electron chi connectivity index (χ1n) is 9.65. The zero-order valence-electron chi connectivity index (χ0n) is 17.0. The minimum absolute atomic E-state index is 0.00633. The molecule has 3 aromatic carbocycles. The molecule has 0 spiro atoms. The van der Waals surface area contributed by atoms with E-state index in [1.165, 1.54) is 12.1 Å². The van der Waals surface area contributed by atoms with Crippen molar-refractivity contribution in [3.05, 3.63) is 102 Å². The first-order valence-corrected chi connectivity index (χ1v) is 11.1. The molecule has 3 rings (SSSR count). The van der Waals surface area contributed by atoms with Crippen LogP contribution in [-0.4, -0.2) is 31.2 Å². The number of benzene rings is 3. The summed E-state index contributed by atoms with van der Waals surface area (Å²) in [5.41, 5.74) is 2.19. The van der Waals surface area contributed by atoms with Crippen LogP contribution in [0.3, 0.4) is 0 Å². The van der Waals surface area contributed by atoms with Gasteiger partial charge in [-0.15, -0.1) is 4.83 Å². The molecule has 0 aliphatic rings. The number of carbonyl (C=O) groups is 1. The number of nitrogens with one attached hydrogen (secondary N) is 1. The molecule has 0 aliphatic carbocycles. The van der Waals surface area contributed by atoms with Crippen LogP contribution in [0, 0.1) is 6.92 Å². The predicted octanol–water partition coefficient (Wildman–Crippen LogP) is 3.56. The van der Waals surface area contributed by atoms with Crippen LogP contribution in [0.5, 0.6) is 0 Å². The third-order valence-corrected chi connectivity index (χ3v) is 5.88. The summed E-state index contributed by atoms with van der Waals surface area (Å²) in [4.78, 5) is 14.9. The Kier molecular flexibility index (Phi) is 7.41. The number of amides is 1. The fourth-order valence-electron chi connectivity index (χ4n) is 2.82. The van der Waals surface area contributed by atoms with Crippen molar-refractivity contribution in [1.29, 1.82) is 0 Å². The highest BCUT2D eigenvalue weighted by molar-refractivity contribution is 7.89. The maximum absolute atomic E-state index is 12.8. The van der Waals surface area contributed by atoms with E-state index in [9.17, 15) is 18.3 Å². The highest BCUT2D eigenvalue weighted by Gasteiger charge is 2.26. The third kappa shape index (κ3) is 6.39. The van der Waals surface area contributed by atoms with E-state index in [0.717, 1.165) is 16.1 Å². The molecule has 0 aliphatic heterocycles. The average Bonchev–Trinajstić information content (AvgIpc) is 2.78. The monoisotopic (exact) mass is 440 g/mol. The Morgan fingerprint density at radius 1 is 0.968 bits per heavy atom.